The van der Waals surface area contributed by atoms with Crippen LogP contribution in [0, 0.1) is 0 Å². The van der Waals surface area contributed by atoms with Crippen LogP contribution in [0.1, 0.15) is 6.42 Å². The number of carbonyl (C=O) groups excluding carboxylic acids is 1. The van der Waals surface area contributed by atoms with E-state index in [9.17, 15) is 4.79 Å². The number of rotatable bonds is 6. The zero-order valence-corrected chi connectivity index (χ0v) is 15.0. The molecular weight excluding hydrogens is 346 g/mol. The summed E-state index contributed by atoms with van der Waals surface area (Å²) < 4.78 is 11.1. The van der Waals surface area contributed by atoms with Gasteiger partial charge in [0.1, 0.15) is 11.6 Å². The lowest BCUT2D eigenvalue weighted by Crippen LogP contribution is -2.47. The Morgan fingerprint density at radius 3 is 3.21 bits per heavy atom. The second-order valence-electron chi connectivity index (χ2n) is 5.58. The molecule has 2 fully saturated rings. The van der Waals surface area contributed by atoms with Crippen LogP contribution in [0.5, 0.6) is 0 Å². The Labute approximate surface area is 149 Å². The van der Waals surface area contributed by atoms with Gasteiger partial charge in [-0.3, -0.25) is 4.90 Å². The van der Waals surface area contributed by atoms with Gasteiger partial charge >= 0.3 is 6.09 Å². The van der Waals surface area contributed by atoms with E-state index in [0.717, 1.165) is 23.6 Å². The molecule has 0 bridgehead atoms. The Bertz CT molecular complexity index is 573. The van der Waals surface area contributed by atoms with Gasteiger partial charge in [-0.15, -0.1) is 0 Å². The van der Waals surface area contributed by atoms with Crippen molar-refractivity contribution in [2.45, 2.75) is 23.7 Å². The zero-order valence-electron chi connectivity index (χ0n) is 13.3. The highest BCUT2D eigenvalue weighted by atomic mass is 33.1. The molecule has 2 saturated heterocycles. The molecule has 1 aromatic heterocycles. The van der Waals surface area contributed by atoms with Crippen molar-refractivity contribution in [3.8, 4) is 0 Å². The van der Waals surface area contributed by atoms with Crippen molar-refractivity contribution in [3.63, 3.8) is 0 Å². The van der Waals surface area contributed by atoms with Gasteiger partial charge in [0.05, 0.1) is 19.2 Å². The maximum absolute atomic E-state index is 12.3. The number of ether oxygens (including phenoxy) is 2. The molecule has 1 N–H and O–H groups in total. The van der Waals surface area contributed by atoms with Crippen LogP contribution in [0.4, 0.5) is 4.79 Å². The third-order valence-corrected chi connectivity index (χ3v) is 6.03. The standard InChI is InChI=1S/C16H21N3O3S2/c1-12-10-13(18-11-12)15-19(6-7-21-15)16(20)22-8-9-23-24-14-4-2-3-5-17-14/h2-5,13,15,18H,1,6-11H2/t13?,15-/m0/s1. The van der Waals surface area contributed by atoms with Crippen molar-refractivity contribution in [2.24, 2.45) is 0 Å². The molecule has 0 aromatic carbocycles. The van der Waals surface area contributed by atoms with Crippen LogP contribution >= 0.6 is 21.6 Å². The van der Waals surface area contributed by atoms with Crippen LogP contribution in [-0.4, -0.2) is 60.3 Å². The fourth-order valence-electron chi connectivity index (χ4n) is 2.69. The smallest absolute Gasteiger partial charge is 0.411 e. The van der Waals surface area contributed by atoms with E-state index in [1.807, 2.05) is 18.2 Å². The Morgan fingerprint density at radius 1 is 1.54 bits per heavy atom. The Hall–Kier alpha value is -1.22. The molecule has 0 aliphatic carbocycles. The molecule has 1 unspecified atom stereocenters. The number of aromatic nitrogens is 1. The summed E-state index contributed by atoms with van der Waals surface area (Å²) in [5.74, 6) is 0.713. The lowest BCUT2D eigenvalue weighted by molar-refractivity contribution is 0.00623. The SMILES string of the molecule is C=C1CNC([C@@H]2OCCN2C(=O)OCCSSc2ccccn2)C1. The summed E-state index contributed by atoms with van der Waals surface area (Å²) in [5, 5.41) is 4.29. The van der Waals surface area contributed by atoms with Gasteiger partial charge in [0, 0.05) is 18.5 Å². The number of hydrogen-bond acceptors (Lipinski definition) is 7. The Morgan fingerprint density at radius 2 is 2.46 bits per heavy atom. The zero-order chi connectivity index (χ0) is 16.8. The number of nitrogens with one attached hydrogen (secondary N) is 1. The van der Waals surface area contributed by atoms with Crippen LogP contribution in [0.15, 0.2) is 41.6 Å². The molecule has 2 aliphatic rings. The highest BCUT2D eigenvalue weighted by Crippen LogP contribution is 2.28. The third kappa shape index (κ3) is 4.66. The first-order valence-electron chi connectivity index (χ1n) is 7.89. The van der Waals surface area contributed by atoms with E-state index in [0.29, 0.717) is 25.5 Å². The van der Waals surface area contributed by atoms with Crippen molar-refractivity contribution in [1.29, 1.82) is 0 Å². The Kier molecular flexibility index (Phi) is 6.42. The van der Waals surface area contributed by atoms with Crippen molar-refractivity contribution in [3.05, 3.63) is 36.5 Å². The molecule has 24 heavy (non-hydrogen) atoms. The predicted molar refractivity (Wildman–Crippen MR) is 95.9 cm³/mol. The summed E-state index contributed by atoms with van der Waals surface area (Å²) in [7, 11) is 3.20. The van der Waals surface area contributed by atoms with Gasteiger partial charge in [0.15, 0.2) is 6.23 Å². The quantitative estimate of drug-likeness (QED) is 0.471. The molecule has 3 heterocycles. The predicted octanol–water partition coefficient (Wildman–Crippen LogP) is 2.53. The van der Waals surface area contributed by atoms with Crippen molar-refractivity contribution >= 4 is 27.7 Å². The monoisotopic (exact) mass is 367 g/mol. The van der Waals surface area contributed by atoms with Gasteiger partial charge in [0.2, 0.25) is 0 Å². The summed E-state index contributed by atoms with van der Waals surface area (Å²) in [6.45, 7) is 6.26. The summed E-state index contributed by atoms with van der Waals surface area (Å²) in [6.07, 6.45) is 2.04. The van der Waals surface area contributed by atoms with Gasteiger partial charge in [-0.25, -0.2) is 9.78 Å². The van der Waals surface area contributed by atoms with Crippen LogP contribution in [0.2, 0.25) is 0 Å². The Balaban J connectivity index is 1.37. The minimum absolute atomic E-state index is 0.113. The van der Waals surface area contributed by atoms with Crippen LogP contribution in [0.25, 0.3) is 0 Å². The van der Waals surface area contributed by atoms with Crippen LogP contribution in [-0.2, 0) is 9.47 Å². The highest BCUT2D eigenvalue weighted by Gasteiger charge is 2.38. The lowest BCUT2D eigenvalue weighted by Gasteiger charge is -2.27. The minimum atomic E-state index is -0.305. The molecular formula is C16H21N3O3S2. The molecule has 8 heteroatoms. The largest absolute Gasteiger partial charge is 0.448 e. The van der Waals surface area contributed by atoms with Gasteiger partial charge in [0.25, 0.3) is 0 Å². The average Bonchev–Trinajstić information content (AvgIpc) is 3.24. The molecule has 130 valence electrons. The van der Waals surface area contributed by atoms with E-state index >= 15 is 0 Å². The van der Waals surface area contributed by atoms with E-state index in [1.165, 1.54) is 0 Å². The molecule has 6 nitrogen and oxygen atoms in total. The molecule has 0 saturated carbocycles. The fraction of sp³-hybridized carbons (Fsp3) is 0.500. The highest BCUT2D eigenvalue weighted by molar-refractivity contribution is 8.76. The second kappa shape index (κ2) is 8.75. The van der Waals surface area contributed by atoms with Crippen molar-refractivity contribution < 1.29 is 14.3 Å². The van der Waals surface area contributed by atoms with E-state index in [1.54, 1.807) is 32.7 Å². The fourth-order valence-corrected chi connectivity index (χ4v) is 4.40. The van der Waals surface area contributed by atoms with E-state index in [2.05, 4.69) is 16.9 Å². The first-order chi connectivity index (χ1) is 11.7. The number of hydrogen-bond donors (Lipinski definition) is 1. The summed E-state index contributed by atoms with van der Waals surface area (Å²) >= 11 is 0. The molecule has 2 atom stereocenters. The summed E-state index contributed by atoms with van der Waals surface area (Å²) in [4.78, 5) is 18.2. The molecule has 3 rings (SSSR count). The molecule has 0 radical (unpaired) electrons. The number of carbonyl (C=O) groups is 1. The first kappa shape index (κ1) is 17.6. The second-order valence-corrected chi connectivity index (χ2v) is 8.02. The molecule has 1 aromatic rings. The average molecular weight is 367 g/mol. The first-order valence-corrected chi connectivity index (χ1v) is 10.2. The van der Waals surface area contributed by atoms with Crippen LogP contribution in [0.3, 0.4) is 0 Å². The van der Waals surface area contributed by atoms with Gasteiger partial charge in [-0.05, 0) is 29.3 Å². The maximum Gasteiger partial charge on any atom is 0.411 e. The van der Waals surface area contributed by atoms with E-state index < -0.39 is 0 Å². The van der Waals surface area contributed by atoms with E-state index in [-0.39, 0.29) is 18.4 Å². The molecule has 0 spiro atoms. The maximum atomic E-state index is 12.3. The normalized spacial score (nSPS) is 23.7. The third-order valence-electron chi connectivity index (χ3n) is 3.80. The topological polar surface area (TPSA) is 63.7 Å². The van der Waals surface area contributed by atoms with Crippen molar-refractivity contribution in [2.75, 3.05) is 32.1 Å². The minimum Gasteiger partial charge on any atom is -0.448 e. The van der Waals surface area contributed by atoms with E-state index in [4.69, 9.17) is 9.47 Å². The number of pyridine rings is 1. The van der Waals surface area contributed by atoms with Crippen LogP contribution < -0.4 is 5.32 Å². The number of amides is 1. The van der Waals surface area contributed by atoms with Gasteiger partial charge in [-0.2, -0.15) is 0 Å². The van der Waals surface area contributed by atoms with Gasteiger partial charge < -0.3 is 14.8 Å². The molecule has 2 aliphatic heterocycles. The lowest BCUT2D eigenvalue weighted by atomic mass is 10.1. The summed E-state index contributed by atoms with van der Waals surface area (Å²) in [5.41, 5.74) is 1.15. The van der Waals surface area contributed by atoms with Crippen molar-refractivity contribution in [1.82, 2.24) is 15.2 Å². The summed E-state index contributed by atoms with van der Waals surface area (Å²) in [6, 6.07) is 5.91. The molecule has 1 amide bonds. The number of nitrogens with zero attached hydrogens (tertiary/aromatic N) is 2. The van der Waals surface area contributed by atoms with Gasteiger partial charge in [-0.1, -0.05) is 29.0 Å².